The minimum atomic E-state index is -0.817. The van der Waals surface area contributed by atoms with Crippen LogP contribution in [0.5, 0.6) is 0 Å². The molecule has 0 aliphatic carbocycles. The van der Waals surface area contributed by atoms with Crippen molar-refractivity contribution in [1.82, 2.24) is 9.80 Å². The molecule has 0 aromatic heterocycles. The third-order valence-electron chi connectivity index (χ3n) is 4.34. The summed E-state index contributed by atoms with van der Waals surface area (Å²) >= 11 is 0. The molecule has 0 spiro atoms. The third-order valence-corrected chi connectivity index (χ3v) is 4.34. The van der Waals surface area contributed by atoms with Crippen molar-refractivity contribution in [3.63, 3.8) is 0 Å². The highest BCUT2D eigenvalue weighted by molar-refractivity contribution is 5.78. The second-order valence-electron chi connectivity index (χ2n) is 5.65. The predicted molar refractivity (Wildman–Crippen MR) is 68.8 cm³/mol. The van der Waals surface area contributed by atoms with E-state index in [2.05, 4.69) is 0 Å². The molecule has 2 saturated heterocycles. The molecule has 0 aromatic carbocycles. The van der Waals surface area contributed by atoms with Crippen LogP contribution in [0.1, 0.15) is 20.3 Å². The highest BCUT2D eigenvalue weighted by Gasteiger charge is 2.40. The molecule has 4 unspecified atom stereocenters. The summed E-state index contributed by atoms with van der Waals surface area (Å²) in [5.41, 5.74) is 0. The summed E-state index contributed by atoms with van der Waals surface area (Å²) < 4.78 is 5.47. The van der Waals surface area contributed by atoms with Crippen LogP contribution in [0.2, 0.25) is 0 Å². The summed E-state index contributed by atoms with van der Waals surface area (Å²) in [7, 11) is 1.77. The van der Waals surface area contributed by atoms with E-state index in [9.17, 15) is 9.59 Å². The van der Waals surface area contributed by atoms with Crippen LogP contribution >= 0.6 is 0 Å². The quantitative estimate of drug-likeness (QED) is 0.808. The Labute approximate surface area is 113 Å². The van der Waals surface area contributed by atoms with E-state index in [1.165, 1.54) is 0 Å². The molecule has 2 aliphatic rings. The number of rotatable bonds is 2. The maximum atomic E-state index is 12.4. The summed E-state index contributed by atoms with van der Waals surface area (Å²) in [6, 6.07) is 0.00429. The van der Waals surface area contributed by atoms with Crippen molar-refractivity contribution in [2.24, 2.45) is 11.8 Å². The van der Waals surface area contributed by atoms with Crippen molar-refractivity contribution in [2.75, 3.05) is 26.7 Å². The van der Waals surface area contributed by atoms with E-state index in [0.717, 1.165) is 6.42 Å². The molecule has 4 atom stereocenters. The lowest BCUT2D eigenvalue weighted by molar-refractivity contribution is -0.142. The van der Waals surface area contributed by atoms with E-state index in [0.29, 0.717) is 19.7 Å². The number of hydrogen-bond donors (Lipinski definition) is 1. The largest absolute Gasteiger partial charge is 0.481 e. The van der Waals surface area contributed by atoms with E-state index in [1.54, 1.807) is 16.8 Å². The van der Waals surface area contributed by atoms with Crippen LogP contribution in [0.15, 0.2) is 0 Å². The Morgan fingerprint density at radius 2 is 2.00 bits per heavy atom. The summed E-state index contributed by atoms with van der Waals surface area (Å²) in [5.74, 6) is -1.26. The van der Waals surface area contributed by atoms with Crippen LogP contribution in [0.4, 0.5) is 4.79 Å². The van der Waals surface area contributed by atoms with Gasteiger partial charge < -0.3 is 19.6 Å². The molecular formula is C13H22N2O4. The van der Waals surface area contributed by atoms with Gasteiger partial charge in [-0.2, -0.15) is 0 Å². The van der Waals surface area contributed by atoms with Crippen molar-refractivity contribution in [2.45, 2.75) is 32.4 Å². The van der Waals surface area contributed by atoms with Gasteiger partial charge in [0.2, 0.25) is 0 Å². The number of amides is 2. The zero-order valence-electron chi connectivity index (χ0n) is 11.7. The summed E-state index contributed by atoms with van der Waals surface area (Å²) in [6.45, 7) is 5.35. The molecule has 2 fully saturated rings. The van der Waals surface area contributed by atoms with Gasteiger partial charge in [0.25, 0.3) is 0 Å². The summed E-state index contributed by atoms with van der Waals surface area (Å²) in [5, 5.41) is 9.10. The monoisotopic (exact) mass is 270 g/mol. The van der Waals surface area contributed by atoms with E-state index >= 15 is 0 Å². The maximum absolute atomic E-state index is 12.4. The molecule has 0 bridgehead atoms. The number of aliphatic carboxylic acids is 1. The van der Waals surface area contributed by atoms with E-state index in [-0.39, 0.29) is 24.1 Å². The van der Waals surface area contributed by atoms with Crippen LogP contribution in [-0.4, -0.2) is 65.8 Å². The minimum Gasteiger partial charge on any atom is -0.481 e. The fraction of sp³-hybridized carbons (Fsp3) is 0.846. The molecule has 2 heterocycles. The van der Waals surface area contributed by atoms with Crippen LogP contribution in [-0.2, 0) is 9.53 Å². The lowest BCUT2D eigenvalue weighted by atomic mass is 9.99. The van der Waals surface area contributed by atoms with Crippen LogP contribution in [0.3, 0.4) is 0 Å². The molecule has 6 heteroatoms. The molecular weight excluding hydrogens is 248 g/mol. The van der Waals surface area contributed by atoms with Crippen molar-refractivity contribution >= 4 is 12.0 Å². The molecule has 0 saturated carbocycles. The fourth-order valence-corrected chi connectivity index (χ4v) is 3.04. The van der Waals surface area contributed by atoms with Gasteiger partial charge in [0.05, 0.1) is 18.1 Å². The van der Waals surface area contributed by atoms with E-state index < -0.39 is 11.9 Å². The number of likely N-dealkylation sites (tertiary alicyclic amines) is 1. The lowest BCUT2D eigenvalue weighted by Gasteiger charge is -2.30. The molecule has 6 nitrogen and oxygen atoms in total. The Balaban J connectivity index is 1.99. The fourth-order valence-electron chi connectivity index (χ4n) is 3.04. The smallest absolute Gasteiger partial charge is 0.320 e. The van der Waals surface area contributed by atoms with Gasteiger partial charge in [-0.1, -0.05) is 6.92 Å². The van der Waals surface area contributed by atoms with Crippen molar-refractivity contribution in [1.29, 1.82) is 0 Å². The number of hydrogen-bond acceptors (Lipinski definition) is 3. The number of carboxylic acid groups (broad SMARTS) is 1. The number of carbonyl (C=O) groups excluding carboxylic acids is 1. The average molecular weight is 270 g/mol. The Hall–Kier alpha value is -1.30. The minimum absolute atomic E-state index is 0.00658. The van der Waals surface area contributed by atoms with Crippen LogP contribution < -0.4 is 0 Å². The van der Waals surface area contributed by atoms with Crippen molar-refractivity contribution in [3.8, 4) is 0 Å². The number of carboxylic acids is 1. The highest BCUT2D eigenvalue weighted by atomic mass is 16.5. The number of urea groups is 1. The Morgan fingerprint density at radius 3 is 2.47 bits per heavy atom. The van der Waals surface area contributed by atoms with Gasteiger partial charge in [-0.05, 0) is 19.3 Å². The van der Waals surface area contributed by atoms with Crippen LogP contribution in [0, 0.1) is 11.8 Å². The molecule has 2 amide bonds. The standard InChI is InChI=1S/C13H22N2O4/c1-8-6-15(7-10(8)12(16)17)13(18)14(3)11-4-5-19-9(11)2/h8-11H,4-7H2,1-3H3,(H,16,17). The highest BCUT2D eigenvalue weighted by Crippen LogP contribution is 2.26. The maximum Gasteiger partial charge on any atom is 0.320 e. The first-order chi connectivity index (χ1) is 8.91. The third kappa shape index (κ3) is 2.68. The topological polar surface area (TPSA) is 70.1 Å². The predicted octanol–water partition coefficient (Wildman–Crippen LogP) is 0.868. The first kappa shape index (κ1) is 14.1. The molecule has 0 radical (unpaired) electrons. The van der Waals surface area contributed by atoms with Crippen molar-refractivity contribution in [3.05, 3.63) is 0 Å². The van der Waals surface area contributed by atoms with Gasteiger partial charge >= 0.3 is 12.0 Å². The Bertz CT molecular complexity index is 374. The van der Waals surface area contributed by atoms with Gasteiger partial charge in [-0.15, -0.1) is 0 Å². The number of ether oxygens (including phenoxy) is 1. The lowest BCUT2D eigenvalue weighted by Crippen LogP contribution is -2.47. The number of nitrogens with zero attached hydrogens (tertiary/aromatic N) is 2. The zero-order chi connectivity index (χ0) is 14.2. The van der Waals surface area contributed by atoms with Crippen molar-refractivity contribution < 1.29 is 19.4 Å². The Kier molecular flexibility index (Phi) is 3.99. The van der Waals surface area contributed by atoms with Gasteiger partial charge in [0, 0.05) is 26.7 Å². The molecule has 2 aliphatic heterocycles. The van der Waals surface area contributed by atoms with Crippen LogP contribution in [0.25, 0.3) is 0 Å². The van der Waals surface area contributed by atoms with Gasteiger partial charge in [0.15, 0.2) is 0 Å². The number of carbonyl (C=O) groups is 2. The summed E-state index contributed by atoms with van der Waals surface area (Å²) in [6.07, 6.45) is 0.888. The molecule has 1 N–H and O–H groups in total. The first-order valence-electron chi connectivity index (χ1n) is 6.78. The summed E-state index contributed by atoms with van der Waals surface area (Å²) in [4.78, 5) is 26.8. The van der Waals surface area contributed by atoms with E-state index in [4.69, 9.17) is 9.84 Å². The second kappa shape index (κ2) is 5.36. The SMILES string of the molecule is CC1CN(C(=O)N(C)C2CCOC2C)CC1C(=O)O. The average Bonchev–Trinajstić information content (AvgIpc) is 2.93. The molecule has 19 heavy (non-hydrogen) atoms. The molecule has 108 valence electrons. The Morgan fingerprint density at radius 1 is 1.32 bits per heavy atom. The van der Waals surface area contributed by atoms with Gasteiger partial charge in [0.1, 0.15) is 0 Å². The normalized spacial score (nSPS) is 34.6. The first-order valence-corrected chi connectivity index (χ1v) is 6.78. The molecule has 0 aromatic rings. The van der Waals surface area contributed by atoms with Gasteiger partial charge in [-0.3, -0.25) is 4.79 Å². The van der Waals surface area contributed by atoms with E-state index in [1.807, 2.05) is 13.8 Å². The zero-order valence-corrected chi connectivity index (χ0v) is 11.7. The number of likely N-dealkylation sites (N-methyl/N-ethyl adjacent to an activating group) is 1. The molecule has 2 rings (SSSR count). The second-order valence-corrected chi connectivity index (χ2v) is 5.65. The van der Waals surface area contributed by atoms with Gasteiger partial charge in [-0.25, -0.2) is 4.79 Å².